The van der Waals surface area contributed by atoms with Gasteiger partial charge in [-0.05, 0) is 0 Å². The lowest BCUT2D eigenvalue weighted by Crippen LogP contribution is -2.26. The molecule has 0 radical (unpaired) electrons. The molecule has 0 saturated carbocycles. The van der Waals surface area contributed by atoms with Gasteiger partial charge >= 0.3 is 0 Å². The minimum absolute atomic E-state index is 0.0220. The lowest BCUT2D eigenvalue weighted by atomic mass is 10.5. The van der Waals surface area contributed by atoms with Crippen LogP contribution in [-0.2, 0) is 11.3 Å². The summed E-state index contributed by atoms with van der Waals surface area (Å²) in [5.41, 5.74) is 0. The van der Waals surface area contributed by atoms with Crippen molar-refractivity contribution >= 4 is 11.9 Å². The van der Waals surface area contributed by atoms with Crippen LogP contribution >= 0.6 is 0 Å². The van der Waals surface area contributed by atoms with Gasteiger partial charge in [0.05, 0.1) is 0 Å². The Balaban J connectivity index is 2.33. The fraction of sp³-hybridized carbons (Fsp3) is 0.400. The Morgan fingerprint density at radius 2 is 2.47 bits per heavy atom. The van der Waals surface area contributed by atoms with Crippen molar-refractivity contribution in [1.82, 2.24) is 14.9 Å². The van der Waals surface area contributed by atoms with Gasteiger partial charge in [0.15, 0.2) is 0 Å². The quantitative estimate of drug-likeness (QED) is 0.532. The predicted molar refractivity (Wildman–Crippen MR) is 59.6 cm³/mol. The standard InChI is InChI=1S/C10H16N4O/c1-3-7-14-8-6-13-10(14)12-5-4-11-9(2)15/h3,6,8H,1,4-5,7H2,2H3,(H,11,15)(H,12,13). The van der Waals surface area contributed by atoms with E-state index in [0.29, 0.717) is 13.1 Å². The Hall–Kier alpha value is -1.78. The van der Waals surface area contributed by atoms with Gasteiger partial charge in [-0.3, -0.25) is 4.79 Å². The summed E-state index contributed by atoms with van der Waals surface area (Å²) in [6.07, 6.45) is 5.41. The molecule has 0 bridgehead atoms. The highest BCUT2D eigenvalue weighted by molar-refractivity contribution is 5.72. The second-order valence-electron chi connectivity index (χ2n) is 3.10. The molecule has 1 heterocycles. The molecule has 0 aliphatic rings. The third-order valence-electron chi connectivity index (χ3n) is 1.82. The SMILES string of the molecule is C=CCn1ccnc1NCCNC(C)=O. The molecule has 0 aliphatic carbocycles. The molecular formula is C10H16N4O. The first-order chi connectivity index (χ1) is 7.24. The van der Waals surface area contributed by atoms with Gasteiger partial charge < -0.3 is 15.2 Å². The van der Waals surface area contributed by atoms with E-state index >= 15 is 0 Å². The zero-order valence-corrected chi connectivity index (χ0v) is 8.86. The van der Waals surface area contributed by atoms with Gasteiger partial charge in [0.25, 0.3) is 0 Å². The van der Waals surface area contributed by atoms with Gasteiger partial charge in [-0.15, -0.1) is 6.58 Å². The number of nitrogens with one attached hydrogen (secondary N) is 2. The third-order valence-corrected chi connectivity index (χ3v) is 1.82. The van der Waals surface area contributed by atoms with Crippen LogP contribution in [0.1, 0.15) is 6.92 Å². The Labute approximate surface area is 89.2 Å². The summed E-state index contributed by atoms with van der Waals surface area (Å²) in [4.78, 5) is 14.7. The van der Waals surface area contributed by atoms with Gasteiger partial charge in [-0.2, -0.15) is 0 Å². The smallest absolute Gasteiger partial charge is 0.216 e. The molecule has 1 rings (SSSR count). The Morgan fingerprint density at radius 1 is 1.67 bits per heavy atom. The summed E-state index contributed by atoms with van der Waals surface area (Å²) in [5.74, 6) is 0.770. The summed E-state index contributed by atoms with van der Waals surface area (Å²) >= 11 is 0. The van der Waals surface area contributed by atoms with Crippen LogP contribution < -0.4 is 10.6 Å². The fourth-order valence-electron chi connectivity index (χ4n) is 1.18. The monoisotopic (exact) mass is 208 g/mol. The molecule has 0 atom stereocenters. The molecule has 0 saturated heterocycles. The van der Waals surface area contributed by atoms with Crippen molar-refractivity contribution in [3.8, 4) is 0 Å². The summed E-state index contributed by atoms with van der Waals surface area (Å²) in [5, 5.41) is 5.82. The molecule has 2 N–H and O–H groups in total. The van der Waals surface area contributed by atoms with Crippen molar-refractivity contribution in [2.45, 2.75) is 13.5 Å². The number of rotatable bonds is 6. The molecule has 0 fully saturated rings. The summed E-state index contributed by atoms with van der Waals surface area (Å²) < 4.78 is 1.95. The number of amides is 1. The van der Waals surface area contributed by atoms with E-state index in [1.165, 1.54) is 6.92 Å². The number of carbonyl (C=O) groups excluding carboxylic acids is 1. The van der Waals surface area contributed by atoms with Crippen LogP contribution in [-0.4, -0.2) is 28.5 Å². The van der Waals surface area contributed by atoms with Gasteiger partial charge in [-0.1, -0.05) is 6.08 Å². The molecule has 0 aliphatic heterocycles. The number of hydrogen-bond donors (Lipinski definition) is 2. The molecular weight excluding hydrogens is 192 g/mol. The second kappa shape index (κ2) is 5.85. The number of allylic oxidation sites excluding steroid dienone is 1. The van der Waals surface area contributed by atoms with Gasteiger partial charge in [-0.25, -0.2) is 4.98 Å². The first-order valence-electron chi connectivity index (χ1n) is 4.84. The van der Waals surface area contributed by atoms with E-state index in [0.717, 1.165) is 12.5 Å². The van der Waals surface area contributed by atoms with Crippen molar-refractivity contribution in [2.75, 3.05) is 18.4 Å². The Kier molecular flexibility index (Phi) is 4.40. The molecule has 1 aromatic rings. The highest BCUT2D eigenvalue weighted by atomic mass is 16.1. The maximum Gasteiger partial charge on any atom is 0.216 e. The normalized spacial score (nSPS) is 9.67. The molecule has 1 aromatic heterocycles. The molecule has 15 heavy (non-hydrogen) atoms. The number of imidazole rings is 1. The van der Waals surface area contributed by atoms with Crippen LogP contribution in [0.2, 0.25) is 0 Å². The molecule has 82 valence electrons. The number of carbonyl (C=O) groups is 1. The first-order valence-corrected chi connectivity index (χ1v) is 4.84. The molecule has 0 unspecified atom stereocenters. The lowest BCUT2D eigenvalue weighted by Gasteiger charge is -2.07. The number of hydrogen-bond acceptors (Lipinski definition) is 3. The number of nitrogens with zero attached hydrogens (tertiary/aromatic N) is 2. The van der Waals surface area contributed by atoms with E-state index in [1.807, 2.05) is 10.8 Å². The van der Waals surface area contributed by atoms with Crippen LogP contribution in [0.5, 0.6) is 0 Å². The van der Waals surface area contributed by atoms with E-state index < -0.39 is 0 Å². The van der Waals surface area contributed by atoms with Crippen LogP contribution in [0.4, 0.5) is 5.95 Å². The van der Waals surface area contributed by atoms with Gasteiger partial charge in [0, 0.05) is 39.0 Å². The van der Waals surface area contributed by atoms with Crippen molar-refractivity contribution in [3.05, 3.63) is 25.0 Å². The van der Waals surface area contributed by atoms with Crippen LogP contribution in [0, 0.1) is 0 Å². The van der Waals surface area contributed by atoms with Crippen molar-refractivity contribution < 1.29 is 4.79 Å². The molecule has 1 amide bonds. The molecule has 0 spiro atoms. The average molecular weight is 208 g/mol. The van der Waals surface area contributed by atoms with Crippen LogP contribution in [0.15, 0.2) is 25.0 Å². The number of aromatic nitrogens is 2. The summed E-state index contributed by atoms with van der Waals surface area (Å²) in [6, 6.07) is 0. The molecule has 5 nitrogen and oxygen atoms in total. The molecule has 5 heteroatoms. The highest BCUT2D eigenvalue weighted by Gasteiger charge is 1.99. The summed E-state index contributed by atoms with van der Waals surface area (Å²) in [7, 11) is 0. The lowest BCUT2D eigenvalue weighted by molar-refractivity contribution is -0.118. The van der Waals surface area contributed by atoms with Crippen molar-refractivity contribution in [1.29, 1.82) is 0 Å². The first kappa shape index (κ1) is 11.3. The zero-order valence-electron chi connectivity index (χ0n) is 8.86. The van der Waals surface area contributed by atoms with E-state index in [1.54, 1.807) is 12.3 Å². The van der Waals surface area contributed by atoms with Crippen molar-refractivity contribution in [2.24, 2.45) is 0 Å². The summed E-state index contributed by atoms with van der Waals surface area (Å²) in [6.45, 7) is 7.14. The van der Waals surface area contributed by atoms with Gasteiger partial charge in [0.1, 0.15) is 0 Å². The van der Waals surface area contributed by atoms with Crippen LogP contribution in [0.3, 0.4) is 0 Å². The van der Waals surface area contributed by atoms with E-state index in [4.69, 9.17) is 0 Å². The third kappa shape index (κ3) is 3.84. The maximum atomic E-state index is 10.6. The van der Waals surface area contributed by atoms with Gasteiger partial charge in [0.2, 0.25) is 11.9 Å². The minimum Gasteiger partial charge on any atom is -0.355 e. The topological polar surface area (TPSA) is 59.0 Å². The average Bonchev–Trinajstić information content (AvgIpc) is 2.61. The van der Waals surface area contributed by atoms with Crippen LogP contribution in [0.25, 0.3) is 0 Å². The zero-order chi connectivity index (χ0) is 11.1. The van der Waals surface area contributed by atoms with Crippen molar-refractivity contribution in [3.63, 3.8) is 0 Å². The Bertz CT molecular complexity index is 332. The van der Waals surface area contributed by atoms with E-state index in [9.17, 15) is 4.79 Å². The largest absolute Gasteiger partial charge is 0.355 e. The molecule has 0 aromatic carbocycles. The highest BCUT2D eigenvalue weighted by Crippen LogP contribution is 2.02. The van der Waals surface area contributed by atoms with E-state index in [2.05, 4.69) is 22.2 Å². The Morgan fingerprint density at radius 3 is 3.13 bits per heavy atom. The predicted octanol–water partition coefficient (Wildman–Crippen LogP) is 0.617. The van der Waals surface area contributed by atoms with E-state index in [-0.39, 0.29) is 5.91 Å². The fourth-order valence-corrected chi connectivity index (χ4v) is 1.18. The minimum atomic E-state index is -0.0220. The number of anilines is 1. The maximum absolute atomic E-state index is 10.6. The second-order valence-corrected chi connectivity index (χ2v) is 3.10.